The number of nitrogens with one attached hydrogen (secondary N) is 2. The second-order valence-electron chi connectivity index (χ2n) is 4.78. The average Bonchev–Trinajstić information content (AvgIpc) is 2.50. The van der Waals surface area contributed by atoms with E-state index in [1.165, 1.54) is 12.1 Å². The number of para-hydroxylation sites is 1. The van der Waals surface area contributed by atoms with Crippen LogP contribution >= 0.6 is 22.6 Å². The first-order valence-corrected chi connectivity index (χ1v) is 7.73. The van der Waals surface area contributed by atoms with Gasteiger partial charge in [0.15, 0.2) is 0 Å². The summed E-state index contributed by atoms with van der Waals surface area (Å²) < 4.78 is 1.03. The SMILES string of the molecule is Cc1cc(I)ccc1NC(=O)C(=O)Nc1ccccc1C(N)=O. The summed E-state index contributed by atoms with van der Waals surface area (Å²) in [6, 6.07) is 11.6. The fraction of sp³-hybridized carbons (Fsp3) is 0.0625. The van der Waals surface area contributed by atoms with E-state index in [4.69, 9.17) is 5.73 Å². The van der Waals surface area contributed by atoms with E-state index in [2.05, 4.69) is 33.2 Å². The van der Waals surface area contributed by atoms with Gasteiger partial charge in [0.25, 0.3) is 5.91 Å². The lowest BCUT2D eigenvalue weighted by molar-refractivity contribution is -0.133. The Balaban J connectivity index is 2.12. The molecule has 0 aliphatic rings. The van der Waals surface area contributed by atoms with E-state index in [1.807, 2.05) is 19.1 Å². The molecule has 23 heavy (non-hydrogen) atoms. The zero-order valence-corrected chi connectivity index (χ0v) is 14.4. The fourth-order valence-corrected chi connectivity index (χ4v) is 2.58. The summed E-state index contributed by atoms with van der Waals surface area (Å²) in [6.45, 7) is 1.83. The molecule has 6 nitrogen and oxygen atoms in total. The van der Waals surface area contributed by atoms with Crippen LogP contribution in [0.5, 0.6) is 0 Å². The summed E-state index contributed by atoms with van der Waals surface area (Å²) in [7, 11) is 0. The number of halogens is 1. The van der Waals surface area contributed by atoms with Gasteiger partial charge in [-0.2, -0.15) is 0 Å². The van der Waals surface area contributed by atoms with E-state index >= 15 is 0 Å². The predicted octanol–water partition coefficient (Wildman–Crippen LogP) is 2.28. The maximum Gasteiger partial charge on any atom is 0.314 e. The molecule has 0 aliphatic heterocycles. The molecule has 0 radical (unpaired) electrons. The summed E-state index contributed by atoms with van der Waals surface area (Å²) in [6.07, 6.45) is 0. The quantitative estimate of drug-likeness (QED) is 0.522. The van der Waals surface area contributed by atoms with Crippen molar-refractivity contribution in [2.24, 2.45) is 5.73 Å². The van der Waals surface area contributed by atoms with Crippen molar-refractivity contribution in [3.8, 4) is 0 Å². The van der Waals surface area contributed by atoms with Gasteiger partial charge in [-0.25, -0.2) is 0 Å². The van der Waals surface area contributed by atoms with Gasteiger partial charge in [-0.3, -0.25) is 14.4 Å². The molecule has 0 atom stereocenters. The number of aryl methyl sites for hydroxylation is 1. The summed E-state index contributed by atoms with van der Waals surface area (Å²) in [5.41, 5.74) is 6.96. The third-order valence-corrected chi connectivity index (χ3v) is 3.75. The van der Waals surface area contributed by atoms with Gasteiger partial charge in [0.05, 0.1) is 11.3 Å². The molecule has 2 aromatic carbocycles. The van der Waals surface area contributed by atoms with Gasteiger partial charge in [-0.15, -0.1) is 0 Å². The Morgan fingerprint density at radius 2 is 1.57 bits per heavy atom. The molecule has 2 aromatic rings. The number of anilines is 2. The van der Waals surface area contributed by atoms with Crippen LogP contribution in [0.3, 0.4) is 0 Å². The predicted molar refractivity (Wildman–Crippen MR) is 96.1 cm³/mol. The maximum absolute atomic E-state index is 12.0. The highest BCUT2D eigenvalue weighted by Crippen LogP contribution is 2.18. The Kier molecular flexibility index (Phi) is 5.32. The Bertz CT molecular complexity index is 790. The molecule has 0 fully saturated rings. The third kappa shape index (κ3) is 4.28. The topological polar surface area (TPSA) is 101 Å². The van der Waals surface area contributed by atoms with E-state index in [9.17, 15) is 14.4 Å². The van der Waals surface area contributed by atoms with Crippen molar-refractivity contribution in [3.63, 3.8) is 0 Å². The summed E-state index contributed by atoms with van der Waals surface area (Å²) >= 11 is 2.16. The van der Waals surface area contributed by atoms with Crippen molar-refractivity contribution in [2.45, 2.75) is 6.92 Å². The minimum Gasteiger partial charge on any atom is -0.366 e. The van der Waals surface area contributed by atoms with Crippen LogP contribution in [0.2, 0.25) is 0 Å². The first-order chi connectivity index (χ1) is 10.9. The number of benzene rings is 2. The smallest absolute Gasteiger partial charge is 0.314 e. The Labute approximate surface area is 146 Å². The van der Waals surface area contributed by atoms with Gasteiger partial charge in [0, 0.05) is 9.26 Å². The maximum atomic E-state index is 12.0. The molecule has 4 N–H and O–H groups in total. The molecule has 7 heteroatoms. The summed E-state index contributed by atoms with van der Waals surface area (Å²) in [5, 5.41) is 4.93. The van der Waals surface area contributed by atoms with Gasteiger partial charge in [-0.05, 0) is 65.4 Å². The van der Waals surface area contributed by atoms with Crippen molar-refractivity contribution in [3.05, 3.63) is 57.2 Å². The van der Waals surface area contributed by atoms with Crippen molar-refractivity contribution in [2.75, 3.05) is 10.6 Å². The molecule has 2 rings (SSSR count). The molecule has 118 valence electrons. The van der Waals surface area contributed by atoms with Crippen molar-refractivity contribution < 1.29 is 14.4 Å². The number of hydrogen-bond acceptors (Lipinski definition) is 3. The van der Waals surface area contributed by atoms with Crippen LogP contribution in [0, 0.1) is 10.5 Å². The van der Waals surface area contributed by atoms with Gasteiger partial charge < -0.3 is 16.4 Å². The van der Waals surface area contributed by atoms with Crippen molar-refractivity contribution >= 4 is 51.7 Å². The number of nitrogens with two attached hydrogens (primary N) is 1. The normalized spacial score (nSPS) is 10.0. The number of amides is 3. The van der Waals surface area contributed by atoms with E-state index in [0.717, 1.165) is 9.13 Å². The number of rotatable bonds is 3. The second kappa shape index (κ2) is 7.23. The highest BCUT2D eigenvalue weighted by atomic mass is 127. The largest absolute Gasteiger partial charge is 0.366 e. The minimum absolute atomic E-state index is 0.138. The highest BCUT2D eigenvalue weighted by Gasteiger charge is 2.17. The molecular weight excluding hydrogens is 409 g/mol. The standard InChI is InChI=1S/C16H14IN3O3/c1-9-8-10(17)6-7-12(9)19-15(22)16(23)20-13-5-3-2-4-11(13)14(18)21/h2-8H,1H3,(H2,18,21)(H,19,22)(H,20,23). The molecular formula is C16H14IN3O3. The molecule has 0 saturated heterocycles. The van der Waals surface area contributed by atoms with Crippen molar-refractivity contribution in [1.29, 1.82) is 0 Å². The number of carbonyl (C=O) groups excluding carboxylic acids is 3. The molecule has 0 saturated carbocycles. The molecule has 0 heterocycles. The van der Waals surface area contributed by atoms with Crippen LogP contribution in [0.15, 0.2) is 42.5 Å². The Morgan fingerprint density at radius 1 is 0.957 bits per heavy atom. The second-order valence-corrected chi connectivity index (χ2v) is 6.02. The number of primary amides is 1. The van der Waals surface area contributed by atoms with Gasteiger partial charge in [0.2, 0.25) is 0 Å². The van der Waals surface area contributed by atoms with E-state index in [-0.39, 0.29) is 11.3 Å². The van der Waals surface area contributed by atoms with Crippen LogP contribution in [0.1, 0.15) is 15.9 Å². The molecule has 0 unspecified atom stereocenters. The third-order valence-electron chi connectivity index (χ3n) is 3.08. The summed E-state index contributed by atoms with van der Waals surface area (Å²) in [4.78, 5) is 35.3. The van der Waals surface area contributed by atoms with Crippen LogP contribution in [0.25, 0.3) is 0 Å². The Hall–Kier alpha value is -2.42. The Morgan fingerprint density at radius 3 is 2.17 bits per heavy atom. The van der Waals surface area contributed by atoms with Crippen LogP contribution < -0.4 is 16.4 Å². The number of carbonyl (C=O) groups is 3. The number of hydrogen-bond donors (Lipinski definition) is 3. The molecule has 3 amide bonds. The van der Waals surface area contributed by atoms with Gasteiger partial charge in [-0.1, -0.05) is 12.1 Å². The molecule has 0 aliphatic carbocycles. The highest BCUT2D eigenvalue weighted by molar-refractivity contribution is 14.1. The van der Waals surface area contributed by atoms with E-state index < -0.39 is 17.7 Å². The lowest BCUT2D eigenvalue weighted by atomic mass is 10.1. The first-order valence-electron chi connectivity index (χ1n) is 6.66. The first kappa shape index (κ1) is 16.9. The zero-order valence-electron chi connectivity index (χ0n) is 12.2. The van der Waals surface area contributed by atoms with Crippen LogP contribution in [-0.4, -0.2) is 17.7 Å². The fourth-order valence-electron chi connectivity index (χ4n) is 1.93. The van der Waals surface area contributed by atoms with Crippen molar-refractivity contribution in [1.82, 2.24) is 0 Å². The lowest BCUT2D eigenvalue weighted by Gasteiger charge is -2.10. The average molecular weight is 423 g/mol. The van der Waals surface area contributed by atoms with Gasteiger partial charge in [0.1, 0.15) is 0 Å². The minimum atomic E-state index is -0.878. The molecule has 0 spiro atoms. The molecule has 0 bridgehead atoms. The molecule has 0 aromatic heterocycles. The van der Waals surface area contributed by atoms with E-state index in [0.29, 0.717) is 5.69 Å². The zero-order chi connectivity index (χ0) is 17.0. The lowest BCUT2D eigenvalue weighted by Crippen LogP contribution is -2.30. The summed E-state index contributed by atoms with van der Waals surface area (Å²) in [5.74, 6) is -2.39. The van der Waals surface area contributed by atoms with E-state index in [1.54, 1.807) is 18.2 Å². The monoisotopic (exact) mass is 423 g/mol. The van der Waals surface area contributed by atoms with Gasteiger partial charge >= 0.3 is 11.8 Å². The van der Waals surface area contributed by atoms with Crippen LogP contribution in [-0.2, 0) is 9.59 Å². The van der Waals surface area contributed by atoms with Crippen LogP contribution in [0.4, 0.5) is 11.4 Å².